The van der Waals surface area contributed by atoms with Gasteiger partial charge in [-0.15, -0.1) is 0 Å². The molecular weight excluding hydrogens is 360 g/mol. The molecular formula is C19H24N6O3. The number of ether oxygens (including phenoxy) is 1. The van der Waals surface area contributed by atoms with E-state index in [1.807, 2.05) is 43.0 Å². The first kappa shape index (κ1) is 19.6. The normalized spacial score (nSPS) is 15.9. The number of carbonyl (C=O) groups is 1. The summed E-state index contributed by atoms with van der Waals surface area (Å²) in [6.07, 6.45) is 2.22. The second-order valence-corrected chi connectivity index (χ2v) is 6.11. The molecule has 1 atom stereocenters. The van der Waals surface area contributed by atoms with Gasteiger partial charge in [0.2, 0.25) is 11.9 Å². The third kappa shape index (κ3) is 3.74. The van der Waals surface area contributed by atoms with Gasteiger partial charge in [0.1, 0.15) is 17.0 Å². The Bertz CT molecular complexity index is 940. The third-order valence-corrected chi connectivity index (χ3v) is 4.59. The van der Waals surface area contributed by atoms with E-state index < -0.39 is 0 Å². The number of aromatic amines is 1. The highest BCUT2D eigenvalue weighted by atomic mass is 16.5. The Balaban J connectivity index is 0.00000109. The molecule has 3 N–H and O–H groups in total. The number of carbonyl (C=O) groups excluding carboxylic acids is 1. The van der Waals surface area contributed by atoms with E-state index in [0.29, 0.717) is 31.1 Å². The van der Waals surface area contributed by atoms with Crippen molar-refractivity contribution in [1.29, 1.82) is 0 Å². The fourth-order valence-electron chi connectivity index (χ4n) is 3.17. The predicted octanol–water partition coefficient (Wildman–Crippen LogP) is 2.39. The van der Waals surface area contributed by atoms with E-state index in [0.717, 1.165) is 22.5 Å². The average molecular weight is 384 g/mol. The molecule has 1 aliphatic rings. The smallest absolute Gasteiger partial charge is 0.248 e. The van der Waals surface area contributed by atoms with Gasteiger partial charge in [0.25, 0.3) is 0 Å². The van der Waals surface area contributed by atoms with Crippen molar-refractivity contribution in [2.24, 2.45) is 5.92 Å². The zero-order valence-corrected chi connectivity index (χ0v) is 16.1. The topological polar surface area (TPSA) is 116 Å². The van der Waals surface area contributed by atoms with E-state index in [1.165, 1.54) is 0 Å². The van der Waals surface area contributed by atoms with Gasteiger partial charge in [0, 0.05) is 18.7 Å². The van der Waals surface area contributed by atoms with Crippen molar-refractivity contribution in [2.45, 2.75) is 20.3 Å². The van der Waals surface area contributed by atoms with E-state index in [9.17, 15) is 4.79 Å². The summed E-state index contributed by atoms with van der Waals surface area (Å²) in [7, 11) is 1.62. The zero-order valence-electron chi connectivity index (χ0n) is 16.1. The van der Waals surface area contributed by atoms with Crippen molar-refractivity contribution in [3.63, 3.8) is 0 Å². The Morgan fingerprint density at radius 3 is 2.71 bits per heavy atom. The van der Waals surface area contributed by atoms with Crippen LogP contribution in [0.15, 0.2) is 30.6 Å². The minimum atomic E-state index is -0.385. The number of hydroxylamine groups is 1. The van der Waals surface area contributed by atoms with Gasteiger partial charge in [-0.1, -0.05) is 13.8 Å². The molecule has 1 aliphatic heterocycles. The molecule has 0 radical (unpaired) electrons. The molecule has 28 heavy (non-hydrogen) atoms. The summed E-state index contributed by atoms with van der Waals surface area (Å²) in [4.78, 5) is 30.2. The molecule has 9 heteroatoms. The highest BCUT2D eigenvalue weighted by Crippen LogP contribution is 2.29. The average Bonchev–Trinajstić information content (AvgIpc) is 3.43. The van der Waals surface area contributed by atoms with Gasteiger partial charge in [-0.2, -0.15) is 4.98 Å². The lowest BCUT2D eigenvalue weighted by Crippen LogP contribution is -2.31. The lowest BCUT2D eigenvalue weighted by molar-refractivity contribution is -0.132. The molecule has 2 aromatic heterocycles. The number of hydrogen-bond acceptors (Lipinski definition) is 7. The predicted molar refractivity (Wildman–Crippen MR) is 105 cm³/mol. The number of amides is 1. The Morgan fingerprint density at radius 2 is 2.04 bits per heavy atom. The molecule has 148 valence electrons. The number of nitrogens with zero attached hydrogens (tertiary/aromatic N) is 4. The van der Waals surface area contributed by atoms with E-state index in [2.05, 4.69) is 15.0 Å². The number of methoxy groups -OCH3 is 1. The Hall–Kier alpha value is -3.20. The lowest BCUT2D eigenvalue weighted by atomic mass is 10.1. The van der Waals surface area contributed by atoms with Crippen LogP contribution >= 0.6 is 0 Å². The number of hydrogen-bond donors (Lipinski definition) is 3. The molecule has 9 nitrogen and oxygen atoms in total. The number of fused-ring (bicyclic) bond motifs is 1. The van der Waals surface area contributed by atoms with E-state index >= 15 is 0 Å². The molecule has 3 aromatic rings. The van der Waals surface area contributed by atoms with Crippen LogP contribution in [0.25, 0.3) is 22.4 Å². The molecule has 0 bridgehead atoms. The maximum atomic E-state index is 11.7. The third-order valence-electron chi connectivity index (χ3n) is 4.59. The van der Waals surface area contributed by atoms with Crippen LogP contribution in [0.5, 0.6) is 5.75 Å². The van der Waals surface area contributed by atoms with Gasteiger partial charge in [-0.05, 0) is 30.7 Å². The van der Waals surface area contributed by atoms with E-state index in [-0.39, 0.29) is 11.8 Å². The van der Waals surface area contributed by atoms with E-state index in [1.54, 1.807) is 18.9 Å². The Labute approximate surface area is 162 Å². The van der Waals surface area contributed by atoms with Crippen molar-refractivity contribution >= 4 is 23.0 Å². The number of aromatic nitrogens is 4. The molecule has 1 amide bonds. The van der Waals surface area contributed by atoms with Gasteiger partial charge in [0.15, 0.2) is 5.65 Å². The quantitative estimate of drug-likeness (QED) is 0.467. The van der Waals surface area contributed by atoms with Crippen LogP contribution in [-0.2, 0) is 4.79 Å². The first-order valence-electron chi connectivity index (χ1n) is 9.24. The van der Waals surface area contributed by atoms with Gasteiger partial charge < -0.3 is 14.6 Å². The van der Waals surface area contributed by atoms with Crippen LogP contribution in [-0.4, -0.2) is 51.2 Å². The first-order valence-corrected chi connectivity index (χ1v) is 9.24. The molecule has 0 aliphatic carbocycles. The van der Waals surface area contributed by atoms with Gasteiger partial charge >= 0.3 is 0 Å². The summed E-state index contributed by atoms with van der Waals surface area (Å²) in [5.74, 6) is 0.608. The summed E-state index contributed by atoms with van der Waals surface area (Å²) in [5.41, 5.74) is 4.68. The minimum Gasteiger partial charge on any atom is -0.497 e. The fourth-order valence-corrected chi connectivity index (χ4v) is 3.17. The molecule has 1 saturated heterocycles. The molecule has 1 fully saturated rings. The van der Waals surface area contributed by atoms with Crippen molar-refractivity contribution in [2.75, 3.05) is 25.1 Å². The standard InChI is InChI=1S/C17H18N6O3.C2H6/c1-26-12-4-2-10(3-5-12)13-14-15(19-9-18-14)21-17(20-13)23-7-6-11(8-23)16(24)22-25;1-2/h2-5,9,11,25H,6-8H2,1H3,(H,22,24)(H,18,19,20,21);1-2H3. The van der Waals surface area contributed by atoms with E-state index in [4.69, 9.17) is 14.9 Å². The van der Waals surface area contributed by atoms with Crippen LogP contribution in [0.1, 0.15) is 20.3 Å². The second-order valence-electron chi connectivity index (χ2n) is 6.11. The second kappa shape index (κ2) is 8.66. The summed E-state index contributed by atoms with van der Waals surface area (Å²) in [6, 6.07) is 7.60. The number of H-pyrrole nitrogens is 1. The number of anilines is 1. The molecule has 0 saturated carbocycles. The molecule has 3 heterocycles. The Kier molecular flexibility index (Phi) is 6.05. The zero-order chi connectivity index (χ0) is 20.1. The van der Waals surface area contributed by atoms with Crippen LogP contribution in [0.3, 0.4) is 0 Å². The van der Waals surface area contributed by atoms with Gasteiger partial charge in [-0.3, -0.25) is 10.0 Å². The number of rotatable bonds is 4. The number of imidazole rings is 1. The highest BCUT2D eigenvalue weighted by Gasteiger charge is 2.30. The van der Waals surface area contributed by atoms with Crippen molar-refractivity contribution in [1.82, 2.24) is 25.4 Å². The van der Waals surface area contributed by atoms with Crippen LogP contribution < -0.4 is 15.1 Å². The lowest BCUT2D eigenvalue weighted by Gasteiger charge is -2.17. The molecule has 4 rings (SSSR count). The van der Waals surface area contributed by atoms with Crippen LogP contribution in [0.4, 0.5) is 5.95 Å². The van der Waals surface area contributed by atoms with Crippen molar-refractivity contribution in [3.05, 3.63) is 30.6 Å². The van der Waals surface area contributed by atoms with Crippen molar-refractivity contribution in [3.8, 4) is 17.0 Å². The summed E-state index contributed by atoms with van der Waals surface area (Å²) >= 11 is 0. The van der Waals surface area contributed by atoms with Gasteiger partial charge in [0.05, 0.1) is 19.4 Å². The monoisotopic (exact) mass is 384 g/mol. The minimum absolute atomic E-state index is 0.289. The first-order chi connectivity index (χ1) is 13.7. The van der Waals surface area contributed by atoms with Crippen molar-refractivity contribution < 1.29 is 14.7 Å². The molecule has 1 unspecified atom stereocenters. The van der Waals surface area contributed by atoms with Crippen LogP contribution in [0.2, 0.25) is 0 Å². The van der Waals surface area contributed by atoms with Gasteiger partial charge in [-0.25, -0.2) is 15.4 Å². The Morgan fingerprint density at radius 1 is 1.29 bits per heavy atom. The summed E-state index contributed by atoms with van der Waals surface area (Å²) in [6.45, 7) is 5.08. The van der Waals surface area contributed by atoms with Crippen LogP contribution in [0, 0.1) is 5.92 Å². The number of nitrogens with one attached hydrogen (secondary N) is 2. The highest BCUT2D eigenvalue weighted by molar-refractivity contribution is 5.88. The summed E-state index contributed by atoms with van der Waals surface area (Å²) < 4.78 is 5.21. The molecule has 0 spiro atoms. The largest absolute Gasteiger partial charge is 0.497 e. The maximum absolute atomic E-state index is 11.7. The fraction of sp³-hybridized carbons (Fsp3) is 0.368. The SMILES string of the molecule is CC.COc1ccc(-c2nc(N3CCC(C(=O)NO)C3)nc3nc[nH]c23)cc1. The summed E-state index contributed by atoms with van der Waals surface area (Å²) in [5, 5.41) is 8.83. The number of benzene rings is 1. The molecule has 1 aromatic carbocycles. The maximum Gasteiger partial charge on any atom is 0.248 e.